The molecule has 0 saturated carbocycles. The molecule has 2 aromatic heterocycles. The minimum absolute atomic E-state index is 0.205. The first-order valence-corrected chi connectivity index (χ1v) is 8.14. The van der Waals surface area contributed by atoms with Gasteiger partial charge in [0.1, 0.15) is 5.52 Å². The lowest BCUT2D eigenvalue weighted by molar-refractivity contribution is 0.501. The molecule has 2 heterocycles. The van der Waals surface area contributed by atoms with Crippen molar-refractivity contribution in [2.24, 2.45) is 0 Å². The minimum Gasteiger partial charge on any atom is -0.440 e. The van der Waals surface area contributed by atoms with E-state index in [1.165, 1.54) is 4.88 Å². The third-order valence-electron chi connectivity index (χ3n) is 3.30. The van der Waals surface area contributed by atoms with Gasteiger partial charge in [-0.2, -0.15) is 0 Å². The Hall–Kier alpha value is -1.52. The molecule has 1 unspecified atom stereocenters. The van der Waals surface area contributed by atoms with Crippen LogP contribution >= 0.6 is 22.9 Å². The van der Waals surface area contributed by atoms with Crippen LogP contribution < -0.4 is 5.32 Å². The molecule has 0 amide bonds. The summed E-state index contributed by atoms with van der Waals surface area (Å²) in [6.07, 6.45) is 0. The second-order valence-electron chi connectivity index (χ2n) is 5.40. The first-order valence-electron chi connectivity index (χ1n) is 6.95. The molecule has 0 saturated heterocycles. The number of hydrogen-bond acceptors (Lipinski definition) is 4. The first-order chi connectivity index (χ1) is 10.0. The summed E-state index contributed by atoms with van der Waals surface area (Å²) < 4.78 is 6.54. The Kier molecular flexibility index (Phi) is 3.91. The van der Waals surface area contributed by atoms with E-state index < -0.39 is 0 Å². The summed E-state index contributed by atoms with van der Waals surface area (Å²) in [6, 6.07) is 10.2. The van der Waals surface area contributed by atoms with Gasteiger partial charge in [-0.05, 0) is 37.3 Å². The molecule has 0 aliphatic carbocycles. The van der Waals surface area contributed by atoms with Crippen LogP contribution in [0, 0.1) is 0 Å². The van der Waals surface area contributed by atoms with Crippen LogP contribution in [0.3, 0.4) is 0 Å². The average molecular weight is 321 g/mol. The van der Waals surface area contributed by atoms with Gasteiger partial charge in [-0.15, -0.1) is 11.3 Å². The number of nitrogens with one attached hydrogen (secondary N) is 1. The molecule has 0 spiro atoms. The smallest absolute Gasteiger partial charge is 0.198 e. The van der Waals surface area contributed by atoms with Gasteiger partial charge in [-0.25, -0.2) is 4.98 Å². The van der Waals surface area contributed by atoms with Crippen LogP contribution in [0.4, 0.5) is 5.69 Å². The normalized spacial score (nSPS) is 13.0. The Balaban J connectivity index is 1.83. The maximum atomic E-state index is 5.99. The lowest BCUT2D eigenvalue weighted by Gasteiger charge is -2.13. The fourth-order valence-electron chi connectivity index (χ4n) is 2.16. The minimum atomic E-state index is 0.205. The van der Waals surface area contributed by atoms with Gasteiger partial charge >= 0.3 is 0 Å². The molecule has 110 valence electrons. The van der Waals surface area contributed by atoms with Crippen LogP contribution in [-0.2, 0) is 0 Å². The zero-order valence-corrected chi connectivity index (χ0v) is 13.8. The molecule has 0 bridgehead atoms. The molecule has 0 aliphatic rings. The highest BCUT2D eigenvalue weighted by Gasteiger charge is 2.12. The molecule has 0 aliphatic heterocycles. The predicted molar refractivity (Wildman–Crippen MR) is 89.5 cm³/mol. The first kappa shape index (κ1) is 14.4. The molecule has 1 aromatic carbocycles. The third-order valence-corrected chi connectivity index (χ3v) is 4.72. The number of benzene rings is 1. The molecule has 5 heteroatoms. The van der Waals surface area contributed by atoms with Crippen LogP contribution in [0.25, 0.3) is 11.1 Å². The van der Waals surface area contributed by atoms with Gasteiger partial charge < -0.3 is 9.73 Å². The van der Waals surface area contributed by atoms with Crippen molar-refractivity contribution in [3.05, 3.63) is 45.4 Å². The van der Waals surface area contributed by atoms with Gasteiger partial charge in [-0.1, -0.05) is 25.4 Å². The SMILES string of the molecule is CC(C)c1nc2cc(NC(C)c3ccc(Cl)s3)ccc2o1. The average Bonchev–Trinajstić information content (AvgIpc) is 3.04. The van der Waals surface area contributed by atoms with Crippen molar-refractivity contribution in [2.45, 2.75) is 32.7 Å². The lowest BCUT2D eigenvalue weighted by atomic mass is 10.2. The summed E-state index contributed by atoms with van der Waals surface area (Å²) in [4.78, 5) is 5.74. The molecular weight excluding hydrogens is 304 g/mol. The number of oxazole rings is 1. The van der Waals surface area contributed by atoms with E-state index in [1.807, 2.05) is 24.3 Å². The zero-order chi connectivity index (χ0) is 15.0. The van der Waals surface area contributed by atoms with Crippen LogP contribution in [-0.4, -0.2) is 4.98 Å². The maximum absolute atomic E-state index is 5.99. The van der Waals surface area contributed by atoms with Gasteiger partial charge in [0, 0.05) is 16.5 Å². The number of fused-ring (bicyclic) bond motifs is 1. The van der Waals surface area contributed by atoms with Crippen molar-refractivity contribution in [2.75, 3.05) is 5.32 Å². The van der Waals surface area contributed by atoms with E-state index in [-0.39, 0.29) is 6.04 Å². The van der Waals surface area contributed by atoms with Gasteiger partial charge in [0.05, 0.1) is 10.4 Å². The van der Waals surface area contributed by atoms with E-state index >= 15 is 0 Å². The van der Waals surface area contributed by atoms with Gasteiger partial charge in [0.25, 0.3) is 0 Å². The fraction of sp³-hybridized carbons (Fsp3) is 0.312. The van der Waals surface area contributed by atoms with E-state index in [4.69, 9.17) is 16.0 Å². The number of hydrogen-bond donors (Lipinski definition) is 1. The Labute approximate surface area is 133 Å². The van der Waals surface area contributed by atoms with E-state index in [0.717, 1.165) is 27.0 Å². The molecule has 1 N–H and O–H groups in total. The van der Waals surface area contributed by atoms with E-state index in [2.05, 4.69) is 37.1 Å². The number of thiophene rings is 1. The molecule has 0 radical (unpaired) electrons. The molecule has 3 rings (SSSR count). The highest BCUT2D eigenvalue weighted by atomic mass is 35.5. The van der Waals surface area contributed by atoms with Crippen molar-refractivity contribution in [3.8, 4) is 0 Å². The Morgan fingerprint density at radius 1 is 1.19 bits per heavy atom. The predicted octanol–water partition coefficient (Wildman–Crippen LogP) is 5.84. The van der Waals surface area contributed by atoms with Gasteiger partial charge in [0.2, 0.25) is 0 Å². The summed E-state index contributed by atoms with van der Waals surface area (Å²) in [7, 11) is 0. The van der Waals surface area contributed by atoms with Crippen LogP contribution in [0.2, 0.25) is 4.34 Å². The zero-order valence-electron chi connectivity index (χ0n) is 12.2. The van der Waals surface area contributed by atoms with Gasteiger partial charge in [0.15, 0.2) is 11.5 Å². The Morgan fingerprint density at radius 2 is 2.00 bits per heavy atom. The lowest BCUT2D eigenvalue weighted by Crippen LogP contribution is -2.04. The second kappa shape index (κ2) is 5.70. The highest BCUT2D eigenvalue weighted by molar-refractivity contribution is 7.16. The topological polar surface area (TPSA) is 38.1 Å². The number of aromatic nitrogens is 1. The molecular formula is C16H17ClN2OS. The van der Waals surface area contributed by atoms with Crippen molar-refractivity contribution in [3.63, 3.8) is 0 Å². The van der Waals surface area contributed by atoms with Gasteiger partial charge in [-0.3, -0.25) is 0 Å². The van der Waals surface area contributed by atoms with Crippen LogP contribution in [0.1, 0.15) is 43.5 Å². The van der Waals surface area contributed by atoms with E-state index in [1.54, 1.807) is 11.3 Å². The number of nitrogens with zero attached hydrogens (tertiary/aromatic N) is 1. The van der Waals surface area contributed by atoms with Crippen molar-refractivity contribution >= 4 is 39.7 Å². The highest BCUT2D eigenvalue weighted by Crippen LogP contribution is 2.30. The van der Waals surface area contributed by atoms with E-state index in [9.17, 15) is 0 Å². The Bertz CT molecular complexity index is 763. The molecule has 21 heavy (non-hydrogen) atoms. The second-order valence-corrected chi connectivity index (χ2v) is 7.14. The number of halogens is 1. The number of anilines is 1. The van der Waals surface area contributed by atoms with Crippen molar-refractivity contribution in [1.82, 2.24) is 4.98 Å². The standard InChI is InChI=1S/C16H17ClN2OS/c1-9(2)16-19-12-8-11(4-5-13(12)20-16)18-10(3)14-6-7-15(17)21-14/h4-10,18H,1-3H3. The maximum Gasteiger partial charge on any atom is 0.198 e. The quantitative estimate of drug-likeness (QED) is 0.656. The molecule has 3 aromatic rings. The molecule has 3 nitrogen and oxygen atoms in total. The summed E-state index contributed by atoms with van der Waals surface area (Å²) in [5.41, 5.74) is 2.75. The van der Waals surface area contributed by atoms with Crippen LogP contribution in [0.15, 0.2) is 34.7 Å². The fourth-order valence-corrected chi connectivity index (χ4v) is 3.23. The Morgan fingerprint density at radius 3 is 2.67 bits per heavy atom. The van der Waals surface area contributed by atoms with Crippen molar-refractivity contribution in [1.29, 1.82) is 0 Å². The third kappa shape index (κ3) is 3.06. The summed E-state index contributed by atoms with van der Waals surface area (Å²) in [5, 5.41) is 3.47. The summed E-state index contributed by atoms with van der Waals surface area (Å²) >= 11 is 7.58. The molecule has 0 fully saturated rings. The van der Waals surface area contributed by atoms with Crippen molar-refractivity contribution < 1.29 is 4.42 Å². The largest absolute Gasteiger partial charge is 0.440 e. The molecule has 1 atom stereocenters. The number of rotatable bonds is 4. The monoisotopic (exact) mass is 320 g/mol. The van der Waals surface area contributed by atoms with E-state index in [0.29, 0.717) is 5.92 Å². The summed E-state index contributed by atoms with van der Waals surface area (Å²) in [5.74, 6) is 1.07. The van der Waals surface area contributed by atoms with Crippen LogP contribution in [0.5, 0.6) is 0 Å². The summed E-state index contributed by atoms with van der Waals surface area (Å²) in [6.45, 7) is 6.27.